The van der Waals surface area contributed by atoms with Gasteiger partial charge in [0.05, 0.1) is 26.3 Å². The maximum atomic E-state index is 11.2. The molecule has 2 atom stereocenters. The SMILES string of the molecule is COC(=O)C1CON2C=NCC12. The molecule has 2 heterocycles. The zero-order chi connectivity index (χ0) is 8.55. The van der Waals surface area contributed by atoms with Crippen LogP contribution in [0.3, 0.4) is 0 Å². The number of fused-ring (bicyclic) bond motifs is 1. The van der Waals surface area contributed by atoms with Crippen molar-refractivity contribution in [3.05, 3.63) is 0 Å². The fraction of sp³-hybridized carbons (Fsp3) is 0.714. The first kappa shape index (κ1) is 7.54. The van der Waals surface area contributed by atoms with E-state index in [9.17, 15) is 4.79 Å². The molecule has 0 amide bonds. The molecule has 0 radical (unpaired) electrons. The minimum atomic E-state index is -0.215. The molecule has 0 aromatic carbocycles. The molecule has 2 aliphatic heterocycles. The molecule has 1 fully saturated rings. The second-order valence-electron chi connectivity index (χ2n) is 2.83. The minimum Gasteiger partial charge on any atom is -0.469 e. The maximum Gasteiger partial charge on any atom is 0.313 e. The molecule has 0 bridgehead atoms. The number of rotatable bonds is 1. The van der Waals surface area contributed by atoms with Crippen LogP contribution < -0.4 is 0 Å². The van der Waals surface area contributed by atoms with Crippen LogP contribution in [0, 0.1) is 5.92 Å². The summed E-state index contributed by atoms with van der Waals surface area (Å²) in [4.78, 5) is 20.4. The van der Waals surface area contributed by atoms with E-state index in [0.29, 0.717) is 13.2 Å². The Morgan fingerprint density at radius 1 is 1.83 bits per heavy atom. The minimum absolute atomic E-state index is 0.0532. The van der Waals surface area contributed by atoms with Gasteiger partial charge in [-0.2, -0.15) is 0 Å². The second-order valence-corrected chi connectivity index (χ2v) is 2.83. The number of methoxy groups -OCH3 is 1. The quantitative estimate of drug-likeness (QED) is 0.495. The fourth-order valence-corrected chi connectivity index (χ4v) is 1.49. The van der Waals surface area contributed by atoms with Gasteiger partial charge in [0, 0.05) is 0 Å². The molecule has 2 unspecified atom stereocenters. The highest BCUT2D eigenvalue weighted by Gasteiger charge is 2.41. The predicted octanol–water partition coefficient (Wildman–Crippen LogP) is -0.567. The van der Waals surface area contributed by atoms with Crippen molar-refractivity contribution < 1.29 is 14.4 Å². The summed E-state index contributed by atoms with van der Waals surface area (Å²) in [7, 11) is 1.39. The fourth-order valence-electron chi connectivity index (χ4n) is 1.49. The van der Waals surface area contributed by atoms with Gasteiger partial charge in [0.15, 0.2) is 0 Å². The molecular formula is C7H10N2O3. The van der Waals surface area contributed by atoms with Crippen LogP contribution in [-0.2, 0) is 14.4 Å². The highest BCUT2D eigenvalue weighted by molar-refractivity contribution is 5.75. The van der Waals surface area contributed by atoms with Crippen LogP contribution in [-0.4, -0.2) is 43.7 Å². The lowest BCUT2D eigenvalue weighted by Gasteiger charge is -2.14. The molecule has 0 spiro atoms. The number of carbonyl (C=O) groups excluding carboxylic acids is 1. The van der Waals surface area contributed by atoms with Gasteiger partial charge in [0.25, 0.3) is 0 Å². The molecule has 2 aliphatic rings. The van der Waals surface area contributed by atoms with E-state index < -0.39 is 0 Å². The summed E-state index contributed by atoms with van der Waals surface area (Å²) in [5.41, 5.74) is 0. The first-order valence-electron chi connectivity index (χ1n) is 3.82. The Morgan fingerprint density at radius 2 is 2.67 bits per heavy atom. The molecule has 12 heavy (non-hydrogen) atoms. The summed E-state index contributed by atoms with van der Waals surface area (Å²) < 4.78 is 4.64. The molecule has 2 rings (SSSR count). The van der Waals surface area contributed by atoms with E-state index in [1.165, 1.54) is 7.11 Å². The van der Waals surface area contributed by atoms with Crippen molar-refractivity contribution in [1.29, 1.82) is 0 Å². The van der Waals surface area contributed by atoms with Crippen LogP contribution in [0.15, 0.2) is 4.99 Å². The van der Waals surface area contributed by atoms with E-state index >= 15 is 0 Å². The molecule has 0 aromatic heterocycles. The first-order valence-corrected chi connectivity index (χ1v) is 3.82. The van der Waals surface area contributed by atoms with Crippen molar-refractivity contribution in [3.63, 3.8) is 0 Å². The summed E-state index contributed by atoms with van der Waals surface area (Å²) in [6, 6.07) is 0.0532. The molecule has 0 saturated carbocycles. The van der Waals surface area contributed by atoms with Crippen molar-refractivity contribution >= 4 is 12.3 Å². The van der Waals surface area contributed by atoms with Gasteiger partial charge in [-0.05, 0) is 0 Å². The lowest BCUT2D eigenvalue weighted by Crippen LogP contribution is -2.33. The third kappa shape index (κ3) is 0.972. The number of nitrogens with zero attached hydrogens (tertiary/aromatic N) is 2. The number of hydroxylamine groups is 2. The van der Waals surface area contributed by atoms with Crippen LogP contribution in [0.5, 0.6) is 0 Å². The Hall–Kier alpha value is -1.10. The Bertz CT molecular complexity index is 229. The molecule has 5 heteroatoms. The van der Waals surface area contributed by atoms with Crippen LogP contribution in [0.2, 0.25) is 0 Å². The highest BCUT2D eigenvalue weighted by Crippen LogP contribution is 2.24. The molecule has 1 saturated heterocycles. The summed E-state index contributed by atoms with van der Waals surface area (Å²) >= 11 is 0. The lowest BCUT2D eigenvalue weighted by atomic mass is 10.0. The smallest absolute Gasteiger partial charge is 0.313 e. The highest BCUT2D eigenvalue weighted by atomic mass is 16.7. The topological polar surface area (TPSA) is 51.1 Å². The van der Waals surface area contributed by atoms with Gasteiger partial charge in [-0.3, -0.25) is 14.6 Å². The van der Waals surface area contributed by atoms with Crippen molar-refractivity contribution in [2.75, 3.05) is 20.3 Å². The van der Waals surface area contributed by atoms with E-state index in [2.05, 4.69) is 9.73 Å². The number of aliphatic imine (C=N–C) groups is 1. The van der Waals surface area contributed by atoms with E-state index in [-0.39, 0.29) is 17.9 Å². The van der Waals surface area contributed by atoms with Crippen LogP contribution in [0.4, 0.5) is 0 Å². The Labute approximate surface area is 69.9 Å². The standard InChI is InChI=1S/C7H10N2O3/c1-11-7(10)5-3-12-9-4-8-2-6(5)9/h4-6H,2-3H2,1H3. The van der Waals surface area contributed by atoms with Gasteiger partial charge >= 0.3 is 5.97 Å². The van der Waals surface area contributed by atoms with Crippen molar-refractivity contribution in [2.45, 2.75) is 6.04 Å². The molecule has 0 N–H and O–H groups in total. The number of hydrogen-bond acceptors (Lipinski definition) is 5. The molecule has 0 aromatic rings. The van der Waals surface area contributed by atoms with E-state index in [1.807, 2.05) is 0 Å². The number of esters is 1. The van der Waals surface area contributed by atoms with Gasteiger partial charge in [-0.1, -0.05) is 0 Å². The van der Waals surface area contributed by atoms with Crippen LogP contribution in [0.1, 0.15) is 0 Å². The normalized spacial score (nSPS) is 32.2. The number of hydrogen-bond donors (Lipinski definition) is 0. The van der Waals surface area contributed by atoms with Crippen molar-refractivity contribution in [3.8, 4) is 0 Å². The summed E-state index contributed by atoms with van der Waals surface area (Å²) in [5, 5.41) is 1.63. The predicted molar refractivity (Wildman–Crippen MR) is 40.4 cm³/mol. The average molecular weight is 170 g/mol. The van der Waals surface area contributed by atoms with E-state index in [4.69, 9.17) is 4.84 Å². The first-order chi connectivity index (χ1) is 5.83. The average Bonchev–Trinajstić information content (AvgIpc) is 2.62. The molecule has 5 nitrogen and oxygen atoms in total. The van der Waals surface area contributed by atoms with Gasteiger partial charge in [0.2, 0.25) is 0 Å². The Balaban J connectivity index is 2.06. The Morgan fingerprint density at radius 3 is 3.42 bits per heavy atom. The maximum absolute atomic E-state index is 11.2. The largest absolute Gasteiger partial charge is 0.469 e. The Kier molecular flexibility index (Phi) is 1.73. The molecule has 0 aliphatic carbocycles. The van der Waals surface area contributed by atoms with Gasteiger partial charge in [0.1, 0.15) is 12.3 Å². The summed E-state index contributed by atoms with van der Waals surface area (Å²) in [6.07, 6.45) is 1.62. The van der Waals surface area contributed by atoms with Crippen molar-refractivity contribution in [2.24, 2.45) is 10.9 Å². The van der Waals surface area contributed by atoms with Gasteiger partial charge in [-0.25, -0.2) is 5.06 Å². The third-order valence-corrected chi connectivity index (χ3v) is 2.19. The summed E-state index contributed by atoms with van der Waals surface area (Å²) in [5.74, 6) is -0.398. The number of carbonyl (C=O) groups is 1. The van der Waals surface area contributed by atoms with Gasteiger partial charge in [-0.15, -0.1) is 0 Å². The second kappa shape index (κ2) is 2.75. The zero-order valence-corrected chi connectivity index (χ0v) is 6.77. The van der Waals surface area contributed by atoms with Gasteiger partial charge < -0.3 is 4.74 Å². The summed E-state index contributed by atoms with van der Waals surface area (Å²) in [6.45, 7) is 1.03. The molecular weight excluding hydrogens is 160 g/mol. The van der Waals surface area contributed by atoms with Crippen molar-refractivity contribution in [1.82, 2.24) is 5.06 Å². The zero-order valence-electron chi connectivity index (χ0n) is 6.77. The third-order valence-electron chi connectivity index (χ3n) is 2.19. The van der Waals surface area contributed by atoms with Crippen LogP contribution in [0.25, 0.3) is 0 Å². The van der Waals surface area contributed by atoms with E-state index in [0.717, 1.165) is 0 Å². The monoisotopic (exact) mass is 170 g/mol. The lowest BCUT2D eigenvalue weighted by molar-refractivity contribution is -0.145. The number of ether oxygens (including phenoxy) is 1. The molecule has 66 valence electrons. The van der Waals surface area contributed by atoms with Crippen LogP contribution >= 0.6 is 0 Å². The van der Waals surface area contributed by atoms with E-state index in [1.54, 1.807) is 11.4 Å².